The third kappa shape index (κ3) is 4.78. The Morgan fingerprint density at radius 2 is 1.72 bits per heavy atom. The SMILES string of the molecule is CCCCCCC1CCC2C[C@H](c3ccc4cc(OC)c(F)cc4c3)CC[C@@H]2C1. The molecular formula is C27H37FO. The molecule has 4 atom stereocenters. The first-order chi connectivity index (χ1) is 14.2. The zero-order valence-corrected chi connectivity index (χ0v) is 18.3. The molecule has 2 saturated carbocycles. The van der Waals surface area contributed by atoms with E-state index >= 15 is 0 Å². The van der Waals surface area contributed by atoms with Crippen LogP contribution in [0.5, 0.6) is 5.75 Å². The molecular weight excluding hydrogens is 359 g/mol. The van der Waals surface area contributed by atoms with Crippen molar-refractivity contribution in [2.24, 2.45) is 17.8 Å². The molecule has 0 amide bonds. The van der Waals surface area contributed by atoms with E-state index in [1.807, 2.05) is 6.07 Å². The second-order valence-electron chi connectivity index (χ2n) is 9.65. The standard InChI is InChI=1S/C27H37FO/c1-3-4-5-6-7-19-8-9-21-15-22(11-10-20(21)14-19)23-12-13-24-18-27(29-2)26(28)17-25(24)16-23/h12-13,16-22H,3-11,14-15H2,1-2H3/t19?,20-,21?,22-/m1/s1. The van der Waals surface area contributed by atoms with Crippen LogP contribution in [0.1, 0.15) is 89.0 Å². The lowest BCUT2D eigenvalue weighted by Gasteiger charge is -2.42. The van der Waals surface area contributed by atoms with Gasteiger partial charge in [0, 0.05) is 0 Å². The van der Waals surface area contributed by atoms with Gasteiger partial charge < -0.3 is 4.74 Å². The fraction of sp³-hybridized carbons (Fsp3) is 0.630. The Kier molecular flexibility index (Phi) is 6.77. The molecule has 2 aliphatic carbocycles. The molecule has 0 N–H and O–H groups in total. The first kappa shape index (κ1) is 20.7. The molecule has 2 fully saturated rings. The van der Waals surface area contributed by atoms with Gasteiger partial charge in [0.1, 0.15) is 0 Å². The number of ether oxygens (including phenoxy) is 1. The maximum Gasteiger partial charge on any atom is 0.165 e. The Morgan fingerprint density at radius 1 is 0.897 bits per heavy atom. The molecule has 0 aromatic heterocycles. The summed E-state index contributed by atoms with van der Waals surface area (Å²) in [6, 6.07) is 10.1. The molecule has 2 aromatic rings. The number of halogens is 1. The molecule has 0 bridgehead atoms. The van der Waals surface area contributed by atoms with Gasteiger partial charge in [0.2, 0.25) is 0 Å². The van der Waals surface area contributed by atoms with Crippen molar-refractivity contribution in [2.75, 3.05) is 7.11 Å². The Labute approximate surface area is 176 Å². The summed E-state index contributed by atoms with van der Waals surface area (Å²) in [7, 11) is 1.52. The zero-order chi connectivity index (χ0) is 20.2. The first-order valence-electron chi connectivity index (χ1n) is 11.9. The van der Waals surface area contributed by atoms with Gasteiger partial charge in [0.25, 0.3) is 0 Å². The van der Waals surface area contributed by atoms with Gasteiger partial charge in [-0.1, -0.05) is 63.6 Å². The largest absolute Gasteiger partial charge is 0.494 e. The van der Waals surface area contributed by atoms with E-state index in [0.29, 0.717) is 11.7 Å². The van der Waals surface area contributed by atoms with Crippen molar-refractivity contribution in [1.82, 2.24) is 0 Å². The third-order valence-electron chi connectivity index (χ3n) is 7.79. The van der Waals surface area contributed by atoms with E-state index < -0.39 is 0 Å². The highest BCUT2D eigenvalue weighted by Crippen LogP contribution is 2.48. The summed E-state index contributed by atoms with van der Waals surface area (Å²) in [5.41, 5.74) is 1.40. The molecule has 2 unspecified atom stereocenters. The molecule has 2 aliphatic rings. The Bertz CT molecular complexity index is 814. The molecule has 2 aromatic carbocycles. The number of unbranched alkanes of at least 4 members (excludes halogenated alkanes) is 3. The quantitative estimate of drug-likeness (QED) is 0.428. The summed E-state index contributed by atoms with van der Waals surface area (Å²) in [5.74, 6) is 3.56. The van der Waals surface area contributed by atoms with Crippen LogP contribution in [-0.4, -0.2) is 7.11 Å². The van der Waals surface area contributed by atoms with Crippen LogP contribution in [0.4, 0.5) is 4.39 Å². The van der Waals surface area contributed by atoms with Gasteiger partial charge in [-0.2, -0.15) is 0 Å². The molecule has 1 nitrogen and oxygen atoms in total. The number of fused-ring (bicyclic) bond motifs is 2. The topological polar surface area (TPSA) is 9.23 Å². The van der Waals surface area contributed by atoms with Gasteiger partial charge in [-0.25, -0.2) is 4.39 Å². The van der Waals surface area contributed by atoms with E-state index in [4.69, 9.17) is 4.74 Å². The Balaban J connectivity index is 1.38. The smallest absolute Gasteiger partial charge is 0.165 e. The maximum atomic E-state index is 14.2. The summed E-state index contributed by atoms with van der Waals surface area (Å²) in [6.45, 7) is 2.30. The second-order valence-corrected chi connectivity index (χ2v) is 9.65. The number of hydrogen-bond donors (Lipinski definition) is 0. The summed E-state index contributed by atoms with van der Waals surface area (Å²) in [4.78, 5) is 0. The van der Waals surface area contributed by atoms with E-state index in [0.717, 1.165) is 28.5 Å². The highest BCUT2D eigenvalue weighted by Gasteiger charge is 2.35. The minimum Gasteiger partial charge on any atom is -0.494 e. The van der Waals surface area contributed by atoms with Crippen LogP contribution in [0.2, 0.25) is 0 Å². The van der Waals surface area contributed by atoms with Gasteiger partial charge in [0.15, 0.2) is 11.6 Å². The molecule has 29 heavy (non-hydrogen) atoms. The van der Waals surface area contributed by atoms with Crippen molar-refractivity contribution in [3.05, 3.63) is 41.7 Å². The van der Waals surface area contributed by atoms with E-state index in [1.165, 1.54) is 83.3 Å². The Hall–Kier alpha value is -1.57. The van der Waals surface area contributed by atoms with Crippen LogP contribution in [0.25, 0.3) is 10.8 Å². The van der Waals surface area contributed by atoms with E-state index in [9.17, 15) is 4.39 Å². The minimum atomic E-state index is -0.266. The van der Waals surface area contributed by atoms with Crippen LogP contribution in [0, 0.1) is 23.6 Å². The molecule has 158 valence electrons. The third-order valence-corrected chi connectivity index (χ3v) is 7.79. The predicted molar refractivity (Wildman–Crippen MR) is 120 cm³/mol. The normalized spacial score (nSPS) is 27.0. The summed E-state index contributed by atoms with van der Waals surface area (Å²) in [5, 5.41) is 2.06. The van der Waals surface area contributed by atoms with Crippen LogP contribution in [0.15, 0.2) is 30.3 Å². The minimum absolute atomic E-state index is 0.266. The molecule has 0 spiro atoms. The van der Waals surface area contributed by atoms with Crippen LogP contribution in [-0.2, 0) is 0 Å². The van der Waals surface area contributed by atoms with Crippen molar-refractivity contribution in [1.29, 1.82) is 0 Å². The fourth-order valence-corrected chi connectivity index (χ4v) is 6.09. The zero-order valence-electron chi connectivity index (χ0n) is 18.3. The predicted octanol–water partition coefficient (Wildman–Crippen LogP) is 8.26. The van der Waals surface area contributed by atoms with Gasteiger partial charge in [-0.3, -0.25) is 0 Å². The second kappa shape index (κ2) is 9.49. The highest BCUT2D eigenvalue weighted by atomic mass is 19.1. The molecule has 0 saturated heterocycles. The molecule has 0 radical (unpaired) electrons. The van der Waals surface area contributed by atoms with Gasteiger partial charge >= 0.3 is 0 Å². The van der Waals surface area contributed by atoms with Crippen molar-refractivity contribution < 1.29 is 9.13 Å². The van der Waals surface area contributed by atoms with Crippen molar-refractivity contribution in [2.45, 2.75) is 83.5 Å². The van der Waals surface area contributed by atoms with E-state index in [2.05, 4.69) is 25.1 Å². The molecule has 0 aliphatic heterocycles. The lowest BCUT2D eigenvalue weighted by molar-refractivity contribution is 0.113. The average Bonchev–Trinajstić information content (AvgIpc) is 2.75. The molecule has 0 heterocycles. The lowest BCUT2D eigenvalue weighted by atomic mass is 9.63. The average molecular weight is 397 g/mol. The van der Waals surface area contributed by atoms with Crippen LogP contribution < -0.4 is 4.74 Å². The summed E-state index contributed by atoms with van der Waals surface area (Å²) >= 11 is 0. The monoisotopic (exact) mass is 396 g/mol. The van der Waals surface area contributed by atoms with E-state index in [-0.39, 0.29) is 5.82 Å². The van der Waals surface area contributed by atoms with Gasteiger partial charge in [0.05, 0.1) is 7.11 Å². The van der Waals surface area contributed by atoms with Crippen molar-refractivity contribution in [3.63, 3.8) is 0 Å². The van der Waals surface area contributed by atoms with Gasteiger partial charge in [-0.05, 0) is 84.2 Å². The van der Waals surface area contributed by atoms with Crippen molar-refractivity contribution in [3.8, 4) is 5.75 Å². The number of hydrogen-bond acceptors (Lipinski definition) is 1. The maximum absolute atomic E-state index is 14.2. The molecule has 4 rings (SSSR count). The number of benzene rings is 2. The Morgan fingerprint density at radius 3 is 2.55 bits per heavy atom. The van der Waals surface area contributed by atoms with Crippen molar-refractivity contribution >= 4 is 10.8 Å². The summed E-state index contributed by atoms with van der Waals surface area (Å²) in [6.07, 6.45) is 15.4. The van der Waals surface area contributed by atoms with Crippen LogP contribution >= 0.6 is 0 Å². The molecule has 2 heteroatoms. The number of rotatable bonds is 7. The summed E-state index contributed by atoms with van der Waals surface area (Å²) < 4.78 is 19.3. The van der Waals surface area contributed by atoms with Crippen LogP contribution in [0.3, 0.4) is 0 Å². The van der Waals surface area contributed by atoms with Gasteiger partial charge in [-0.15, -0.1) is 0 Å². The first-order valence-corrected chi connectivity index (χ1v) is 11.9. The fourth-order valence-electron chi connectivity index (χ4n) is 6.09. The number of methoxy groups -OCH3 is 1. The lowest BCUT2D eigenvalue weighted by Crippen LogP contribution is -2.30. The highest BCUT2D eigenvalue weighted by molar-refractivity contribution is 5.84. The van der Waals surface area contributed by atoms with E-state index in [1.54, 1.807) is 6.07 Å².